The number of nitrogens with one attached hydrogen (secondary N) is 1. The topological polar surface area (TPSA) is 21.3 Å². The Bertz CT molecular complexity index is 306. The highest BCUT2D eigenvalue weighted by molar-refractivity contribution is 7.98. The van der Waals surface area contributed by atoms with Crippen LogP contribution < -0.4 is 10.1 Å². The molecule has 0 radical (unpaired) electrons. The molecule has 1 heterocycles. The smallest absolute Gasteiger partial charge is 0.119 e. The lowest BCUT2D eigenvalue weighted by atomic mass is 10.1. The molecule has 1 N–H and O–H groups in total. The summed E-state index contributed by atoms with van der Waals surface area (Å²) < 4.78 is 5.77. The van der Waals surface area contributed by atoms with Crippen LogP contribution in [-0.4, -0.2) is 25.4 Å². The number of thioether (sulfide) groups is 1. The van der Waals surface area contributed by atoms with Gasteiger partial charge in [0, 0.05) is 10.9 Å². The van der Waals surface area contributed by atoms with Gasteiger partial charge in [0.1, 0.15) is 12.4 Å². The highest BCUT2D eigenvalue weighted by Crippen LogP contribution is 2.19. The fraction of sp³-hybridized carbons (Fsp3) is 0.538. The zero-order valence-electron chi connectivity index (χ0n) is 9.74. The largest absolute Gasteiger partial charge is 0.492 e. The molecule has 1 atom stereocenters. The summed E-state index contributed by atoms with van der Waals surface area (Å²) in [6, 6.07) is 8.85. The number of piperidine rings is 1. The molecule has 0 aliphatic carbocycles. The van der Waals surface area contributed by atoms with Crippen molar-refractivity contribution in [2.75, 3.05) is 19.4 Å². The molecule has 1 aromatic rings. The van der Waals surface area contributed by atoms with E-state index in [-0.39, 0.29) is 0 Å². The van der Waals surface area contributed by atoms with Gasteiger partial charge < -0.3 is 10.1 Å². The molecule has 2 nitrogen and oxygen atoms in total. The maximum atomic E-state index is 5.77. The van der Waals surface area contributed by atoms with Crippen LogP contribution in [-0.2, 0) is 0 Å². The highest BCUT2D eigenvalue weighted by atomic mass is 32.2. The van der Waals surface area contributed by atoms with Crippen LogP contribution in [0.2, 0.25) is 0 Å². The van der Waals surface area contributed by atoms with Gasteiger partial charge in [0.15, 0.2) is 0 Å². The van der Waals surface area contributed by atoms with Crippen LogP contribution in [0.15, 0.2) is 29.2 Å². The van der Waals surface area contributed by atoms with Crippen LogP contribution in [0.1, 0.15) is 19.3 Å². The fourth-order valence-corrected chi connectivity index (χ4v) is 2.34. The molecule has 2 rings (SSSR count). The van der Waals surface area contributed by atoms with E-state index in [1.807, 2.05) is 0 Å². The first kappa shape index (κ1) is 11.8. The first-order valence-corrected chi connectivity index (χ1v) is 7.11. The summed E-state index contributed by atoms with van der Waals surface area (Å²) in [7, 11) is 0. The van der Waals surface area contributed by atoms with Crippen LogP contribution in [0.5, 0.6) is 5.75 Å². The lowest BCUT2D eigenvalue weighted by Gasteiger charge is -2.23. The molecule has 1 fully saturated rings. The number of rotatable bonds is 4. The van der Waals surface area contributed by atoms with Gasteiger partial charge in [-0.3, -0.25) is 0 Å². The van der Waals surface area contributed by atoms with Crippen molar-refractivity contribution in [2.45, 2.75) is 30.2 Å². The maximum Gasteiger partial charge on any atom is 0.119 e. The predicted molar refractivity (Wildman–Crippen MR) is 69.4 cm³/mol. The van der Waals surface area contributed by atoms with Crippen LogP contribution in [0, 0.1) is 0 Å². The summed E-state index contributed by atoms with van der Waals surface area (Å²) in [5, 5.41) is 3.48. The second kappa shape index (κ2) is 6.16. The Morgan fingerprint density at radius 3 is 2.75 bits per heavy atom. The van der Waals surface area contributed by atoms with Crippen molar-refractivity contribution in [3.63, 3.8) is 0 Å². The van der Waals surface area contributed by atoms with E-state index in [1.54, 1.807) is 11.8 Å². The fourth-order valence-electron chi connectivity index (χ4n) is 1.94. The molecule has 0 spiro atoms. The van der Waals surface area contributed by atoms with Crippen LogP contribution in [0.3, 0.4) is 0 Å². The van der Waals surface area contributed by atoms with E-state index in [9.17, 15) is 0 Å². The summed E-state index contributed by atoms with van der Waals surface area (Å²) in [5.41, 5.74) is 0. The van der Waals surface area contributed by atoms with Crippen molar-refractivity contribution in [1.82, 2.24) is 5.32 Å². The number of ether oxygens (including phenoxy) is 1. The van der Waals surface area contributed by atoms with Gasteiger partial charge in [-0.1, -0.05) is 6.42 Å². The summed E-state index contributed by atoms with van der Waals surface area (Å²) >= 11 is 1.76. The van der Waals surface area contributed by atoms with E-state index >= 15 is 0 Å². The van der Waals surface area contributed by atoms with E-state index in [0.29, 0.717) is 6.04 Å². The van der Waals surface area contributed by atoms with Gasteiger partial charge in [-0.2, -0.15) is 0 Å². The molecular weight excluding hydrogens is 218 g/mol. The Hall–Kier alpha value is -0.670. The molecule has 3 heteroatoms. The third-order valence-corrected chi connectivity index (χ3v) is 3.67. The summed E-state index contributed by atoms with van der Waals surface area (Å²) in [6.45, 7) is 1.93. The second-order valence-corrected chi connectivity index (χ2v) is 5.01. The summed E-state index contributed by atoms with van der Waals surface area (Å²) in [4.78, 5) is 1.28. The number of hydrogen-bond acceptors (Lipinski definition) is 3. The molecule has 0 bridgehead atoms. The molecule has 88 valence electrons. The van der Waals surface area contributed by atoms with Gasteiger partial charge in [0.25, 0.3) is 0 Å². The zero-order valence-corrected chi connectivity index (χ0v) is 10.6. The monoisotopic (exact) mass is 237 g/mol. The third kappa shape index (κ3) is 3.42. The minimum atomic E-state index is 0.536. The van der Waals surface area contributed by atoms with E-state index in [2.05, 4.69) is 35.8 Å². The SMILES string of the molecule is CSc1ccc(OCC2CCCCN2)cc1. The maximum absolute atomic E-state index is 5.77. The molecular formula is C13H19NOS. The first-order valence-electron chi connectivity index (χ1n) is 5.89. The lowest BCUT2D eigenvalue weighted by molar-refractivity contribution is 0.239. The zero-order chi connectivity index (χ0) is 11.2. The van der Waals surface area contributed by atoms with E-state index in [4.69, 9.17) is 4.74 Å². The van der Waals surface area contributed by atoms with Gasteiger partial charge in [-0.15, -0.1) is 11.8 Å². The molecule has 1 aliphatic heterocycles. The van der Waals surface area contributed by atoms with Gasteiger partial charge >= 0.3 is 0 Å². The van der Waals surface area contributed by atoms with Crippen molar-refractivity contribution in [3.05, 3.63) is 24.3 Å². The average molecular weight is 237 g/mol. The van der Waals surface area contributed by atoms with Gasteiger partial charge in [-0.05, 0) is 49.9 Å². The third-order valence-electron chi connectivity index (χ3n) is 2.92. The Balaban J connectivity index is 1.79. The van der Waals surface area contributed by atoms with Crippen molar-refractivity contribution < 1.29 is 4.74 Å². The molecule has 1 unspecified atom stereocenters. The Morgan fingerprint density at radius 1 is 1.31 bits per heavy atom. The van der Waals surface area contributed by atoms with Crippen LogP contribution >= 0.6 is 11.8 Å². The molecule has 1 aliphatic rings. The van der Waals surface area contributed by atoms with Gasteiger partial charge in [-0.25, -0.2) is 0 Å². The second-order valence-electron chi connectivity index (χ2n) is 4.13. The van der Waals surface area contributed by atoms with Gasteiger partial charge in [0.05, 0.1) is 0 Å². The predicted octanol–water partition coefficient (Wildman–Crippen LogP) is 2.93. The average Bonchev–Trinajstić information content (AvgIpc) is 2.38. The quantitative estimate of drug-likeness (QED) is 0.814. The highest BCUT2D eigenvalue weighted by Gasteiger charge is 2.12. The Labute approximate surface area is 102 Å². The standard InChI is InChI=1S/C13H19NOS/c1-16-13-7-5-12(6-8-13)15-10-11-4-2-3-9-14-11/h5-8,11,14H,2-4,9-10H2,1H3. The molecule has 16 heavy (non-hydrogen) atoms. The Morgan fingerprint density at radius 2 is 2.12 bits per heavy atom. The minimum Gasteiger partial charge on any atom is -0.492 e. The van der Waals surface area contributed by atoms with Crippen molar-refractivity contribution in [1.29, 1.82) is 0 Å². The van der Waals surface area contributed by atoms with Crippen molar-refractivity contribution in [3.8, 4) is 5.75 Å². The van der Waals surface area contributed by atoms with Crippen molar-refractivity contribution >= 4 is 11.8 Å². The van der Waals surface area contributed by atoms with E-state index in [0.717, 1.165) is 18.9 Å². The number of benzene rings is 1. The van der Waals surface area contributed by atoms with E-state index < -0.39 is 0 Å². The van der Waals surface area contributed by atoms with Gasteiger partial charge in [0.2, 0.25) is 0 Å². The number of hydrogen-bond donors (Lipinski definition) is 1. The van der Waals surface area contributed by atoms with E-state index in [1.165, 1.54) is 24.2 Å². The molecule has 1 saturated heterocycles. The molecule has 0 saturated carbocycles. The normalized spacial score (nSPS) is 20.7. The van der Waals surface area contributed by atoms with Crippen molar-refractivity contribution in [2.24, 2.45) is 0 Å². The Kier molecular flexibility index (Phi) is 4.55. The van der Waals surface area contributed by atoms with Crippen LogP contribution in [0.25, 0.3) is 0 Å². The molecule has 0 amide bonds. The molecule has 1 aromatic carbocycles. The first-order chi connectivity index (χ1) is 7.88. The lowest BCUT2D eigenvalue weighted by Crippen LogP contribution is -2.38. The minimum absolute atomic E-state index is 0.536. The summed E-state index contributed by atoms with van der Waals surface area (Å²) in [5.74, 6) is 0.977. The van der Waals surface area contributed by atoms with Crippen LogP contribution in [0.4, 0.5) is 0 Å². The molecule has 0 aromatic heterocycles. The summed E-state index contributed by atoms with van der Waals surface area (Å²) in [6.07, 6.45) is 5.95.